The molecule has 0 bridgehead atoms. The number of methoxy groups -OCH3 is 1. The first-order valence-electron chi connectivity index (χ1n) is 13.4. The average Bonchev–Trinajstić information content (AvgIpc) is 3.37. The number of aromatic amines is 1. The molecule has 0 radical (unpaired) electrons. The number of carbonyl (C=O) groups excluding carboxylic acids is 1. The minimum absolute atomic E-state index is 0.0983. The van der Waals surface area contributed by atoms with Crippen LogP contribution in [0.2, 0.25) is 0 Å². The Balaban J connectivity index is 1.10. The summed E-state index contributed by atoms with van der Waals surface area (Å²) in [5.74, 6) is 0.516. The van der Waals surface area contributed by atoms with Crippen LogP contribution in [0.15, 0.2) is 78.0 Å². The first-order valence-corrected chi connectivity index (χ1v) is 13.4. The van der Waals surface area contributed by atoms with Gasteiger partial charge in [-0.1, -0.05) is 18.2 Å². The summed E-state index contributed by atoms with van der Waals surface area (Å²) >= 11 is 0. The maximum Gasteiger partial charge on any atom is 0.240 e. The second-order valence-electron chi connectivity index (χ2n) is 9.82. The van der Waals surface area contributed by atoms with Crippen molar-refractivity contribution in [2.75, 3.05) is 38.2 Å². The quantitative estimate of drug-likeness (QED) is 0.222. The van der Waals surface area contributed by atoms with Gasteiger partial charge in [-0.05, 0) is 72.5 Å². The number of benzene rings is 3. The van der Waals surface area contributed by atoms with Crippen molar-refractivity contribution in [3.8, 4) is 5.75 Å². The van der Waals surface area contributed by atoms with Gasteiger partial charge >= 0.3 is 0 Å². The number of ether oxygens (including phenoxy) is 1. The van der Waals surface area contributed by atoms with Gasteiger partial charge in [-0.3, -0.25) is 9.69 Å². The molecule has 0 aliphatic carbocycles. The largest absolute Gasteiger partial charge is 0.496 e. The minimum Gasteiger partial charge on any atom is -0.496 e. The predicted molar refractivity (Wildman–Crippen MR) is 154 cm³/mol. The number of hydrogen-bond acceptors (Lipinski definition) is 5. The molecule has 2 heterocycles. The van der Waals surface area contributed by atoms with E-state index in [0.29, 0.717) is 6.42 Å². The molecule has 0 unspecified atom stereocenters. The van der Waals surface area contributed by atoms with Crippen LogP contribution in [0.25, 0.3) is 10.9 Å². The number of halogens is 1. The number of carbonyl (C=O) groups is 1. The van der Waals surface area contributed by atoms with Gasteiger partial charge in [0.25, 0.3) is 0 Å². The van der Waals surface area contributed by atoms with E-state index in [-0.39, 0.29) is 11.7 Å². The van der Waals surface area contributed by atoms with E-state index in [9.17, 15) is 9.18 Å². The van der Waals surface area contributed by atoms with Gasteiger partial charge in [0.05, 0.1) is 13.3 Å². The molecule has 8 heteroatoms. The van der Waals surface area contributed by atoms with Crippen LogP contribution >= 0.6 is 0 Å². The highest BCUT2D eigenvalue weighted by atomic mass is 19.1. The molecule has 1 aromatic heterocycles. The number of para-hydroxylation sites is 1. The van der Waals surface area contributed by atoms with Crippen molar-refractivity contribution in [2.24, 2.45) is 5.10 Å². The summed E-state index contributed by atoms with van der Waals surface area (Å²) in [6, 6.07) is 20.8. The molecule has 39 heavy (non-hydrogen) atoms. The van der Waals surface area contributed by atoms with E-state index >= 15 is 0 Å². The molecule has 0 saturated carbocycles. The monoisotopic (exact) mass is 527 g/mol. The zero-order chi connectivity index (χ0) is 27.0. The van der Waals surface area contributed by atoms with Crippen LogP contribution in [0, 0.1) is 5.82 Å². The summed E-state index contributed by atoms with van der Waals surface area (Å²) in [6.07, 6.45) is 5.69. The fourth-order valence-electron chi connectivity index (χ4n) is 5.07. The van der Waals surface area contributed by atoms with Crippen LogP contribution in [0.5, 0.6) is 5.75 Å². The molecule has 0 spiro atoms. The number of amides is 1. The Morgan fingerprint density at radius 2 is 1.85 bits per heavy atom. The van der Waals surface area contributed by atoms with Gasteiger partial charge in [-0.15, -0.1) is 0 Å². The maximum absolute atomic E-state index is 13.3. The van der Waals surface area contributed by atoms with Crippen molar-refractivity contribution in [1.82, 2.24) is 15.3 Å². The predicted octanol–water partition coefficient (Wildman–Crippen LogP) is 5.11. The van der Waals surface area contributed by atoms with E-state index in [1.807, 2.05) is 42.6 Å². The van der Waals surface area contributed by atoms with Gasteiger partial charge in [-0.2, -0.15) is 5.10 Å². The molecule has 1 saturated heterocycles. The van der Waals surface area contributed by atoms with Crippen LogP contribution in [0.3, 0.4) is 0 Å². The molecule has 2 N–H and O–H groups in total. The smallest absolute Gasteiger partial charge is 0.240 e. The lowest BCUT2D eigenvalue weighted by Crippen LogP contribution is -2.46. The van der Waals surface area contributed by atoms with E-state index in [1.54, 1.807) is 13.3 Å². The van der Waals surface area contributed by atoms with Gasteiger partial charge in [0.1, 0.15) is 11.6 Å². The second-order valence-corrected chi connectivity index (χ2v) is 9.82. The summed E-state index contributed by atoms with van der Waals surface area (Å²) in [5, 5.41) is 5.39. The van der Waals surface area contributed by atoms with Gasteiger partial charge in [0, 0.05) is 67.5 Å². The van der Waals surface area contributed by atoms with Crippen molar-refractivity contribution in [1.29, 1.82) is 0 Å². The van der Waals surface area contributed by atoms with Crippen LogP contribution in [0.4, 0.5) is 10.1 Å². The number of H-pyrrole nitrogens is 1. The minimum atomic E-state index is -0.214. The molecule has 0 atom stereocenters. The molecule has 1 amide bonds. The Morgan fingerprint density at radius 3 is 2.64 bits per heavy atom. The Kier molecular flexibility index (Phi) is 8.53. The molecule has 1 fully saturated rings. The van der Waals surface area contributed by atoms with Gasteiger partial charge < -0.3 is 14.6 Å². The van der Waals surface area contributed by atoms with Crippen LogP contribution in [-0.4, -0.2) is 55.3 Å². The number of nitrogens with one attached hydrogen (secondary N) is 2. The number of anilines is 1. The van der Waals surface area contributed by atoms with E-state index in [4.69, 9.17) is 4.74 Å². The molecular formula is C31H34FN5O2. The summed E-state index contributed by atoms with van der Waals surface area (Å²) in [6.45, 7) is 4.30. The van der Waals surface area contributed by atoms with Crippen molar-refractivity contribution in [2.45, 2.75) is 25.8 Å². The Hall–Kier alpha value is -4.17. The van der Waals surface area contributed by atoms with E-state index in [1.165, 1.54) is 23.1 Å². The highest BCUT2D eigenvalue weighted by Gasteiger charge is 2.19. The summed E-state index contributed by atoms with van der Waals surface area (Å²) in [4.78, 5) is 20.3. The molecule has 1 aliphatic rings. The topological polar surface area (TPSA) is 73.0 Å². The number of hydrogen-bond donors (Lipinski definition) is 2. The SMILES string of the molecule is COc1ccc(C=NNC(=O)CCCc2c[nH]c3ccccc23)cc1CN1CCN(c2ccc(F)cc2)CC1. The van der Waals surface area contributed by atoms with Gasteiger partial charge in [0.15, 0.2) is 0 Å². The number of hydrazone groups is 1. The molecule has 5 rings (SSSR count). The van der Waals surface area contributed by atoms with Crippen LogP contribution < -0.4 is 15.1 Å². The summed E-state index contributed by atoms with van der Waals surface area (Å²) in [5.41, 5.74) is 8.02. The third-order valence-corrected chi connectivity index (χ3v) is 7.19. The summed E-state index contributed by atoms with van der Waals surface area (Å²) < 4.78 is 18.8. The first-order chi connectivity index (χ1) is 19.1. The molecule has 1 aliphatic heterocycles. The number of aryl methyl sites for hydroxylation is 1. The van der Waals surface area contributed by atoms with E-state index < -0.39 is 0 Å². The molecule has 4 aromatic rings. The Bertz CT molecular complexity index is 1420. The molecule has 3 aromatic carbocycles. The second kappa shape index (κ2) is 12.6. The molecular weight excluding hydrogens is 493 g/mol. The third kappa shape index (κ3) is 6.83. The molecule has 7 nitrogen and oxygen atoms in total. The lowest BCUT2D eigenvalue weighted by molar-refractivity contribution is -0.121. The van der Waals surface area contributed by atoms with Crippen molar-refractivity contribution in [3.05, 3.63) is 95.4 Å². The van der Waals surface area contributed by atoms with Crippen molar-refractivity contribution >= 4 is 28.7 Å². The first kappa shape index (κ1) is 26.4. The standard InChI is InChI=1S/C31H34FN5O2/c1-39-30-14-9-23(19-25(30)22-36-15-17-37(18-16-36)27-12-10-26(32)11-13-27)20-34-35-31(38)8-4-5-24-21-33-29-7-3-2-6-28(24)29/h2-3,6-7,9-14,19-21,33H,4-5,8,15-18,22H2,1H3,(H,35,38). The zero-order valence-electron chi connectivity index (χ0n) is 22.2. The maximum atomic E-state index is 13.3. The van der Waals surface area contributed by atoms with Gasteiger partial charge in [0.2, 0.25) is 5.91 Å². The Labute approximate surface area is 228 Å². The molecule has 202 valence electrons. The summed E-state index contributed by atoms with van der Waals surface area (Å²) in [7, 11) is 1.68. The fraction of sp³-hybridized carbons (Fsp3) is 0.290. The number of fused-ring (bicyclic) bond motifs is 1. The number of rotatable bonds is 10. The van der Waals surface area contributed by atoms with E-state index in [0.717, 1.165) is 73.6 Å². The van der Waals surface area contributed by atoms with Gasteiger partial charge in [-0.25, -0.2) is 9.82 Å². The van der Waals surface area contributed by atoms with Crippen LogP contribution in [0.1, 0.15) is 29.5 Å². The normalized spacial score (nSPS) is 14.3. The third-order valence-electron chi connectivity index (χ3n) is 7.19. The van der Waals surface area contributed by atoms with Crippen molar-refractivity contribution in [3.63, 3.8) is 0 Å². The number of nitrogens with zero attached hydrogens (tertiary/aromatic N) is 3. The van der Waals surface area contributed by atoms with Crippen LogP contribution in [-0.2, 0) is 17.8 Å². The van der Waals surface area contributed by atoms with Crippen molar-refractivity contribution < 1.29 is 13.9 Å². The lowest BCUT2D eigenvalue weighted by Gasteiger charge is -2.36. The Morgan fingerprint density at radius 1 is 1.05 bits per heavy atom. The number of aromatic nitrogens is 1. The highest BCUT2D eigenvalue weighted by molar-refractivity contribution is 5.84. The zero-order valence-corrected chi connectivity index (χ0v) is 22.2. The lowest BCUT2D eigenvalue weighted by atomic mass is 10.1. The highest BCUT2D eigenvalue weighted by Crippen LogP contribution is 2.23. The number of piperazine rings is 1. The van der Waals surface area contributed by atoms with E-state index in [2.05, 4.69) is 43.5 Å². The average molecular weight is 528 g/mol. The fourth-order valence-corrected chi connectivity index (χ4v) is 5.07.